The second-order valence-corrected chi connectivity index (χ2v) is 4.77. The quantitative estimate of drug-likeness (QED) is 0.738. The molecule has 1 aliphatic rings. The Labute approximate surface area is 83.6 Å². The van der Waals surface area contributed by atoms with Crippen LogP contribution in [0, 0.1) is 5.92 Å². The van der Waals surface area contributed by atoms with Crippen molar-refractivity contribution in [3.63, 3.8) is 0 Å². The van der Waals surface area contributed by atoms with Crippen LogP contribution in [0.1, 0.15) is 26.0 Å². The molecule has 1 atom stereocenters. The van der Waals surface area contributed by atoms with Crippen LogP contribution in [0.3, 0.4) is 0 Å². The fraction of sp³-hybridized carbons (Fsp3) is 0.700. The van der Waals surface area contributed by atoms with Crippen molar-refractivity contribution in [1.82, 2.24) is 9.88 Å². The van der Waals surface area contributed by atoms with Crippen LogP contribution in [0.4, 0.5) is 0 Å². The first kappa shape index (κ1) is 9.16. The molecule has 3 heteroatoms. The summed E-state index contributed by atoms with van der Waals surface area (Å²) in [6, 6.07) is 0.793. The van der Waals surface area contributed by atoms with Gasteiger partial charge in [0, 0.05) is 24.5 Å². The van der Waals surface area contributed by atoms with Crippen LogP contribution >= 0.6 is 11.3 Å². The van der Waals surface area contributed by atoms with Crippen molar-refractivity contribution in [2.45, 2.75) is 32.9 Å². The number of rotatable bonds is 3. The van der Waals surface area contributed by atoms with E-state index < -0.39 is 0 Å². The van der Waals surface area contributed by atoms with E-state index in [9.17, 15) is 0 Å². The highest BCUT2D eigenvalue weighted by Gasteiger charge is 2.30. The first-order valence-electron chi connectivity index (χ1n) is 4.88. The van der Waals surface area contributed by atoms with Crippen molar-refractivity contribution in [2.75, 3.05) is 6.54 Å². The third-order valence-electron chi connectivity index (χ3n) is 2.80. The molecule has 72 valence electrons. The van der Waals surface area contributed by atoms with Gasteiger partial charge in [0.05, 0.1) is 11.2 Å². The molecular weight excluding hydrogens is 180 g/mol. The minimum absolute atomic E-state index is 0.785. The Hall–Kier alpha value is -0.410. The van der Waals surface area contributed by atoms with E-state index in [0.717, 1.165) is 18.5 Å². The topological polar surface area (TPSA) is 16.1 Å². The molecule has 2 nitrogen and oxygen atoms in total. The first-order valence-corrected chi connectivity index (χ1v) is 5.83. The summed E-state index contributed by atoms with van der Waals surface area (Å²) in [6.07, 6.45) is 1.36. The van der Waals surface area contributed by atoms with E-state index in [1.54, 1.807) is 11.3 Å². The summed E-state index contributed by atoms with van der Waals surface area (Å²) in [6.45, 7) is 6.91. The van der Waals surface area contributed by atoms with Crippen molar-refractivity contribution >= 4 is 11.3 Å². The highest BCUT2D eigenvalue weighted by Crippen LogP contribution is 2.26. The van der Waals surface area contributed by atoms with E-state index in [4.69, 9.17) is 0 Å². The van der Waals surface area contributed by atoms with Gasteiger partial charge < -0.3 is 0 Å². The lowest BCUT2D eigenvalue weighted by molar-refractivity contribution is 0.0472. The molecule has 0 aromatic carbocycles. The van der Waals surface area contributed by atoms with Gasteiger partial charge in [-0.1, -0.05) is 13.8 Å². The lowest BCUT2D eigenvalue weighted by atomic mass is 9.92. The van der Waals surface area contributed by atoms with Crippen molar-refractivity contribution in [3.05, 3.63) is 16.6 Å². The predicted molar refractivity (Wildman–Crippen MR) is 55.8 cm³/mol. The molecule has 1 aromatic heterocycles. The number of likely N-dealkylation sites (tertiary alicyclic amines) is 1. The molecule has 0 radical (unpaired) electrons. The van der Waals surface area contributed by atoms with E-state index in [1.807, 2.05) is 5.51 Å². The van der Waals surface area contributed by atoms with Crippen LogP contribution in [-0.2, 0) is 6.54 Å². The van der Waals surface area contributed by atoms with Gasteiger partial charge in [-0.25, -0.2) is 4.98 Å². The van der Waals surface area contributed by atoms with Gasteiger partial charge in [-0.05, 0) is 12.3 Å². The Morgan fingerprint density at radius 2 is 2.54 bits per heavy atom. The second-order valence-electron chi connectivity index (χ2n) is 4.05. The smallest absolute Gasteiger partial charge is 0.0795 e. The van der Waals surface area contributed by atoms with Gasteiger partial charge in [0.1, 0.15) is 0 Å². The largest absolute Gasteiger partial charge is 0.294 e. The molecule has 1 unspecified atom stereocenters. The molecule has 0 aliphatic carbocycles. The first-order chi connectivity index (χ1) is 6.27. The van der Waals surface area contributed by atoms with Crippen LogP contribution in [-0.4, -0.2) is 22.5 Å². The van der Waals surface area contributed by atoms with Crippen molar-refractivity contribution < 1.29 is 0 Å². The van der Waals surface area contributed by atoms with Gasteiger partial charge in [-0.3, -0.25) is 4.90 Å². The summed E-state index contributed by atoms with van der Waals surface area (Å²) in [5.41, 5.74) is 3.15. The van der Waals surface area contributed by atoms with Gasteiger partial charge in [0.25, 0.3) is 0 Å². The van der Waals surface area contributed by atoms with Crippen LogP contribution in [0.15, 0.2) is 10.9 Å². The highest BCUT2D eigenvalue weighted by atomic mass is 32.1. The summed E-state index contributed by atoms with van der Waals surface area (Å²) in [5, 5.41) is 2.15. The van der Waals surface area contributed by atoms with E-state index >= 15 is 0 Å². The van der Waals surface area contributed by atoms with Crippen LogP contribution in [0.25, 0.3) is 0 Å². The lowest BCUT2D eigenvalue weighted by Gasteiger charge is -2.43. The fourth-order valence-corrected chi connectivity index (χ4v) is 2.49. The summed E-state index contributed by atoms with van der Waals surface area (Å²) in [4.78, 5) is 6.84. The summed E-state index contributed by atoms with van der Waals surface area (Å²) in [5.74, 6) is 0.785. The molecule has 2 rings (SSSR count). The maximum Gasteiger partial charge on any atom is 0.0795 e. The molecule has 1 aliphatic heterocycles. The molecule has 0 saturated carbocycles. The zero-order valence-corrected chi connectivity index (χ0v) is 9.05. The van der Waals surface area contributed by atoms with Gasteiger partial charge in [0.2, 0.25) is 0 Å². The zero-order valence-electron chi connectivity index (χ0n) is 8.23. The Bertz CT molecular complexity index is 256. The van der Waals surface area contributed by atoms with Gasteiger partial charge in [-0.2, -0.15) is 0 Å². The maximum atomic E-state index is 4.31. The van der Waals surface area contributed by atoms with Crippen molar-refractivity contribution in [1.29, 1.82) is 0 Å². The third-order valence-corrected chi connectivity index (χ3v) is 3.43. The van der Waals surface area contributed by atoms with Crippen LogP contribution < -0.4 is 0 Å². The van der Waals surface area contributed by atoms with E-state index in [2.05, 4.69) is 29.1 Å². The van der Waals surface area contributed by atoms with Crippen LogP contribution in [0.5, 0.6) is 0 Å². The van der Waals surface area contributed by atoms with Gasteiger partial charge in [0.15, 0.2) is 0 Å². The number of nitrogens with zero attached hydrogens (tertiary/aromatic N) is 2. The highest BCUT2D eigenvalue weighted by molar-refractivity contribution is 7.07. The van der Waals surface area contributed by atoms with Crippen LogP contribution in [0.2, 0.25) is 0 Å². The van der Waals surface area contributed by atoms with Gasteiger partial charge in [-0.15, -0.1) is 11.3 Å². The molecule has 2 heterocycles. The molecule has 0 bridgehead atoms. The van der Waals surface area contributed by atoms with Crippen molar-refractivity contribution in [3.8, 4) is 0 Å². The standard InChI is InChI=1S/C10H16N2S/c1-8(2)10-3-4-12(10)5-9-6-13-7-11-9/h6-8,10H,3-5H2,1-2H3. The van der Waals surface area contributed by atoms with E-state index in [-0.39, 0.29) is 0 Å². The molecule has 0 spiro atoms. The van der Waals surface area contributed by atoms with E-state index in [0.29, 0.717) is 0 Å². The second kappa shape index (κ2) is 3.76. The fourth-order valence-electron chi connectivity index (χ4n) is 1.94. The molecule has 1 saturated heterocycles. The molecular formula is C10H16N2S. The Kier molecular flexibility index (Phi) is 2.65. The zero-order chi connectivity index (χ0) is 9.26. The normalized spacial score (nSPS) is 23.5. The molecule has 1 fully saturated rings. The molecule has 0 N–H and O–H groups in total. The summed E-state index contributed by atoms with van der Waals surface area (Å²) < 4.78 is 0. The maximum absolute atomic E-state index is 4.31. The number of aromatic nitrogens is 1. The Morgan fingerprint density at radius 1 is 1.69 bits per heavy atom. The summed E-state index contributed by atoms with van der Waals surface area (Å²) in [7, 11) is 0. The third kappa shape index (κ3) is 1.92. The summed E-state index contributed by atoms with van der Waals surface area (Å²) >= 11 is 1.69. The minimum Gasteiger partial charge on any atom is -0.294 e. The van der Waals surface area contributed by atoms with E-state index in [1.165, 1.54) is 18.7 Å². The SMILES string of the molecule is CC(C)C1CCN1Cc1cscn1. The molecule has 1 aromatic rings. The number of thiazole rings is 1. The van der Waals surface area contributed by atoms with Gasteiger partial charge >= 0.3 is 0 Å². The average Bonchev–Trinajstić information content (AvgIpc) is 2.48. The monoisotopic (exact) mass is 196 g/mol. The number of hydrogen-bond donors (Lipinski definition) is 0. The Balaban J connectivity index is 1.89. The predicted octanol–water partition coefficient (Wildman–Crippen LogP) is 2.37. The molecule has 0 amide bonds. The number of hydrogen-bond acceptors (Lipinski definition) is 3. The minimum atomic E-state index is 0.785. The Morgan fingerprint density at radius 3 is 3.00 bits per heavy atom. The lowest BCUT2D eigenvalue weighted by Crippen LogP contribution is -2.49. The van der Waals surface area contributed by atoms with Crippen molar-refractivity contribution in [2.24, 2.45) is 5.92 Å². The molecule has 13 heavy (non-hydrogen) atoms. The average molecular weight is 196 g/mol.